The number of nitrogens with one attached hydrogen (secondary N) is 2. The largest absolute Gasteiger partial charge is 0.493 e. The molecule has 0 aromatic heterocycles. The Balaban J connectivity index is 1.73. The smallest absolute Gasteiger partial charge is 0.344 e. The fourth-order valence-corrected chi connectivity index (χ4v) is 2.06. The van der Waals surface area contributed by atoms with Gasteiger partial charge in [0.05, 0.1) is 7.11 Å². The summed E-state index contributed by atoms with van der Waals surface area (Å²) in [6, 6.07) is 4.84. The van der Waals surface area contributed by atoms with Gasteiger partial charge in [-0.1, -0.05) is 12.1 Å². The lowest BCUT2D eigenvalue weighted by Crippen LogP contribution is -2.42. The van der Waals surface area contributed by atoms with Gasteiger partial charge in [-0.2, -0.15) is 0 Å². The van der Waals surface area contributed by atoms with Crippen LogP contribution < -0.4 is 20.1 Å². The zero-order valence-corrected chi connectivity index (χ0v) is 14.6. The van der Waals surface area contributed by atoms with E-state index >= 15 is 0 Å². The van der Waals surface area contributed by atoms with Crippen molar-refractivity contribution in [1.82, 2.24) is 10.6 Å². The van der Waals surface area contributed by atoms with Crippen LogP contribution in [0, 0.1) is 0 Å². The molecule has 0 aliphatic heterocycles. The highest BCUT2D eigenvalue weighted by Gasteiger charge is 2.24. The molecule has 8 heteroatoms. The zero-order valence-electron chi connectivity index (χ0n) is 14.6. The maximum Gasteiger partial charge on any atom is 0.344 e. The highest BCUT2D eigenvalue weighted by atomic mass is 16.6. The van der Waals surface area contributed by atoms with E-state index in [1.54, 1.807) is 18.2 Å². The molecule has 8 nitrogen and oxygen atoms in total. The molecular formula is C18H22N2O6. The van der Waals surface area contributed by atoms with Gasteiger partial charge in [0.1, 0.15) is 0 Å². The number of methoxy groups -OCH3 is 1. The van der Waals surface area contributed by atoms with Crippen molar-refractivity contribution in [2.75, 3.05) is 20.3 Å². The van der Waals surface area contributed by atoms with E-state index in [0.29, 0.717) is 17.9 Å². The van der Waals surface area contributed by atoms with Crippen LogP contribution in [0.4, 0.5) is 4.79 Å². The maximum atomic E-state index is 11.7. The number of carbonyl (C=O) groups excluding carboxylic acids is 3. The molecule has 0 spiro atoms. The van der Waals surface area contributed by atoms with Gasteiger partial charge in [0, 0.05) is 6.04 Å². The van der Waals surface area contributed by atoms with E-state index in [1.165, 1.54) is 7.11 Å². The van der Waals surface area contributed by atoms with E-state index in [9.17, 15) is 14.4 Å². The summed E-state index contributed by atoms with van der Waals surface area (Å²) < 4.78 is 15.4. The first-order valence-corrected chi connectivity index (χ1v) is 8.18. The number of hydrogen-bond donors (Lipinski definition) is 2. The Morgan fingerprint density at radius 2 is 2.00 bits per heavy atom. The summed E-state index contributed by atoms with van der Waals surface area (Å²) in [5.74, 6) is -0.583. The fourth-order valence-electron chi connectivity index (χ4n) is 2.06. The van der Waals surface area contributed by atoms with Crippen molar-refractivity contribution in [2.24, 2.45) is 0 Å². The highest BCUT2D eigenvalue weighted by molar-refractivity contribution is 5.95. The third-order valence-electron chi connectivity index (χ3n) is 3.48. The molecule has 1 fully saturated rings. The lowest BCUT2D eigenvalue weighted by Gasteiger charge is -2.11. The summed E-state index contributed by atoms with van der Waals surface area (Å²) in [6.07, 6.45) is 4.27. The second kappa shape index (κ2) is 9.45. The van der Waals surface area contributed by atoms with E-state index in [2.05, 4.69) is 17.2 Å². The van der Waals surface area contributed by atoms with Crippen LogP contribution in [0.15, 0.2) is 30.9 Å². The van der Waals surface area contributed by atoms with Gasteiger partial charge >= 0.3 is 12.0 Å². The lowest BCUT2D eigenvalue weighted by atomic mass is 10.1. The monoisotopic (exact) mass is 362 g/mol. The first-order chi connectivity index (χ1) is 12.5. The lowest BCUT2D eigenvalue weighted by molar-refractivity contribution is -0.150. The van der Waals surface area contributed by atoms with Gasteiger partial charge in [-0.15, -0.1) is 6.58 Å². The zero-order chi connectivity index (χ0) is 18.9. The van der Waals surface area contributed by atoms with E-state index < -0.39 is 31.1 Å². The summed E-state index contributed by atoms with van der Waals surface area (Å²) in [5.41, 5.74) is 0.993. The topological polar surface area (TPSA) is 103 Å². The van der Waals surface area contributed by atoms with E-state index in [-0.39, 0.29) is 6.04 Å². The van der Waals surface area contributed by atoms with Crippen LogP contribution in [0.3, 0.4) is 0 Å². The van der Waals surface area contributed by atoms with Crippen molar-refractivity contribution in [3.05, 3.63) is 36.4 Å². The van der Waals surface area contributed by atoms with Gasteiger partial charge in [0.15, 0.2) is 24.7 Å². The average molecular weight is 362 g/mol. The molecule has 1 aromatic carbocycles. The van der Waals surface area contributed by atoms with Gasteiger partial charge in [-0.05, 0) is 37.0 Å². The first kappa shape index (κ1) is 19.3. The molecule has 140 valence electrons. The minimum absolute atomic E-state index is 0.131. The standard InChI is InChI=1S/C18H22N2O6/c1-3-4-12-5-8-14(15(9-12)24-2)25-11-17(22)26-10-16(21)20-18(23)19-13-6-7-13/h3,5,8-9,13H,1,4,6-7,10-11H2,2H3,(H2,19,20,21,23). The summed E-state index contributed by atoms with van der Waals surface area (Å²) in [7, 11) is 1.50. The summed E-state index contributed by atoms with van der Waals surface area (Å²) >= 11 is 0. The SMILES string of the molecule is C=CCc1ccc(OCC(=O)OCC(=O)NC(=O)NC2CC2)c(OC)c1. The minimum Gasteiger partial charge on any atom is -0.493 e. The molecule has 1 aliphatic carbocycles. The molecule has 2 rings (SSSR count). The Bertz CT molecular complexity index is 684. The highest BCUT2D eigenvalue weighted by Crippen LogP contribution is 2.28. The predicted octanol–water partition coefficient (Wildman–Crippen LogP) is 1.33. The molecule has 0 atom stereocenters. The molecule has 1 aliphatic rings. The summed E-state index contributed by atoms with van der Waals surface area (Å²) in [4.78, 5) is 34.6. The van der Waals surface area contributed by atoms with Gasteiger partial charge in [-0.3, -0.25) is 10.1 Å². The molecule has 0 saturated heterocycles. The van der Waals surface area contributed by atoms with Crippen molar-refractivity contribution in [2.45, 2.75) is 25.3 Å². The Morgan fingerprint density at radius 1 is 1.23 bits per heavy atom. The molecule has 2 N–H and O–H groups in total. The van der Waals surface area contributed by atoms with Crippen LogP contribution in [0.1, 0.15) is 18.4 Å². The third-order valence-corrected chi connectivity index (χ3v) is 3.48. The Kier molecular flexibility index (Phi) is 7.02. The van der Waals surface area contributed by atoms with Crippen molar-refractivity contribution >= 4 is 17.9 Å². The number of hydrogen-bond acceptors (Lipinski definition) is 6. The van der Waals surface area contributed by atoms with Crippen molar-refractivity contribution in [3.8, 4) is 11.5 Å². The third kappa shape index (κ3) is 6.46. The van der Waals surface area contributed by atoms with Crippen molar-refractivity contribution in [1.29, 1.82) is 0 Å². The molecule has 0 bridgehead atoms. The number of urea groups is 1. The number of imide groups is 1. The second-order valence-electron chi connectivity index (χ2n) is 5.72. The number of esters is 1. The molecular weight excluding hydrogens is 340 g/mol. The molecule has 1 saturated carbocycles. The quantitative estimate of drug-likeness (QED) is 0.507. The van der Waals surface area contributed by atoms with Gasteiger partial charge in [0.25, 0.3) is 5.91 Å². The number of amides is 3. The number of allylic oxidation sites excluding steroid dienone is 1. The minimum atomic E-state index is -0.736. The maximum absolute atomic E-state index is 11.7. The summed E-state index contributed by atoms with van der Waals surface area (Å²) in [5, 5.41) is 4.67. The van der Waals surface area contributed by atoms with E-state index in [0.717, 1.165) is 18.4 Å². The molecule has 26 heavy (non-hydrogen) atoms. The van der Waals surface area contributed by atoms with Gasteiger partial charge in [0.2, 0.25) is 0 Å². The molecule has 3 amide bonds. The molecule has 0 radical (unpaired) electrons. The first-order valence-electron chi connectivity index (χ1n) is 8.18. The van der Waals surface area contributed by atoms with Crippen LogP contribution in [0.25, 0.3) is 0 Å². The fraction of sp³-hybridized carbons (Fsp3) is 0.389. The van der Waals surface area contributed by atoms with Crippen molar-refractivity contribution < 1.29 is 28.6 Å². The molecule has 1 aromatic rings. The van der Waals surface area contributed by atoms with E-state index in [1.807, 2.05) is 6.07 Å². The molecule has 0 unspecified atom stereocenters. The second-order valence-corrected chi connectivity index (χ2v) is 5.72. The number of ether oxygens (including phenoxy) is 3. The predicted molar refractivity (Wildman–Crippen MR) is 93.0 cm³/mol. The van der Waals surface area contributed by atoms with Crippen LogP contribution in [0.5, 0.6) is 11.5 Å². The van der Waals surface area contributed by atoms with Crippen LogP contribution >= 0.6 is 0 Å². The van der Waals surface area contributed by atoms with Crippen LogP contribution in [-0.2, 0) is 20.7 Å². The van der Waals surface area contributed by atoms with Gasteiger partial charge < -0.3 is 19.5 Å². The summed E-state index contributed by atoms with van der Waals surface area (Å²) in [6.45, 7) is 2.72. The van der Waals surface area contributed by atoms with E-state index in [4.69, 9.17) is 14.2 Å². The number of carbonyl (C=O) groups is 3. The number of rotatable bonds is 9. The Hall–Kier alpha value is -3.03. The Morgan fingerprint density at radius 3 is 2.65 bits per heavy atom. The van der Waals surface area contributed by atoms with Gasteiger partial charge in [-0.25, -0.2) is 9.59 Å². The molecule has 0 heterocycles. The van der Waals surface area contributed by atoms with Crippen LogP contribution in [0.2, 0.25) is 0 Å². The normalized spacial score (nSPS) is 12.7. The number of benzene rings is 1. The average Bonchev–Trinajstić information content (AvgIpc) is 3.42. The van der Waals surface area contributed by atoms with Crippen molar-refractivity contribution in [3.63, 3.8) is 0 Å². The Labute approximate surface area is 151 Å². The van der Waals surface area contributed by atoms with Crippen LogP contribution in [-0.4, -0.2) is 44.3 Å².